The molecule has 1 N–H and O–H groups in total. The van der Waals surface area contributed by atoms with Crippen LogP contribution < -0.4 is 0 Å². The van der Waals surface area contributed by atoms with Crippen molar-refractivity contribution in [1.29, 1.82) is 0 Å². The third-order valence-electron chi connectivity index (χ3n) is 7.92. The van der Waals surface area contributed by atoms with E-state index in [-0.39, 0.29) is 22.8 Å². The molecule has 0 spiro atoms. The van der Waals surface area contributed by atoms with Gasteiger partial charge < -0.3 is 14.6 Å². The first kappa shape index (κ1) is 36.2. The van der Waals surface area contributed by atoms with Crippen LogP contribution in [0.2, 0.25) is 0 Å². The molecule has 1 aliphatic rings. The average Bonchev–Trinajstić information content (AvgIpc) is 3.10. The van der Waals surface area contributed by atoms with E-state index < -0.39 is 11.4 Å². The largest absolute Gasteiger partial charge is 0.382 e. The maximum absolute atomic E-state index is 12.7. The number of hydrogen-bond donors (Lipinski definition) is 1. The quantitative estimate of drug-likeness (QED) is 0.157. The van der Waals surface area contributed by atoms with E-state index in [0.29, 0.717) is 29.5 Å². The topological polar surface area (TPSA) is 89.9 Å². The maximum atomic E-state index is 12.7. The lowest BCUT2D eigenvalue weighted by Gasteiger charge is -2.30. The molecule has 4 aromatic carbocycles. The van der Waals surface area contributed by atoms with Gasteiger partial charge in [0, 0.05) is 41.9 Å². The van der Waals surface area contributed by atoms with Crippen molar-refractivity contribution in [3.8, 4) is 0 Å². The van der Waals surface area contributed by atoms with Gasteiger partial charge in [0.05, 0.1) is 0 Å². The van der Waals surface area contributed by atoms with Crippen LogP contribution in [0.1, 0.15) is 89.5 Å². The second kappa shape index (κ2) is 16.9. The van der Waals surface area contributed by atoms with E-state index in [0.717, 1.165) is 24.8 Å². The van der Waals surface area contributed by atoms with E-state index in [4.69, 9.17) is 9.47 Å². The zero-order valence-electron chi connectivity index (χ0n) is 27.6. The van der Waals surface area contributed by atoms with Crippen LogP contribution in [0.4, 0.5) is 0 Å². The van der Waals surface area contributed by atoms with Crippen LogP contribution in [-0.2, 0) is 15.3 Å². The Bertz CT molecular complexity index is 1500. The Morgan fingerprint density at radius 3 is 1.33 bits per heavy atom. The van der Waals surface area contributed by atoms with Crippen LogP contribution in [0.15, 0.2) is 121 Å². The molecule has 242 valence electrons. The van der Waals surface area contributed by atoms with Crippen LogP contribution in [0, 0.1) is 5.41 Å². The van der Waals surface area contributed by atoms with Crippen LogP contribution in [0.25, 0.3) is 0 Å². The van der Waals surface area contributed by atoms with Gasteiger partial charge in [0.25, 0.3) is 5.79 Å². The number of ether oxygens (including phenoxy) is 2. The highest BCUT2D eigenvalue weighted by atomic mass is 16.7. The first-order valence-electron chi connectivity index (χ1n) is 15.7. The number of methoxy groups -OCH3 is 2. The molecule has 1 aliphatic carbocycles. The van der Waals surface area contributed by atoms with E-state index in [1.54, 1.807) is 24.3 Å². The van der Waals surface area contributed by atoms with Gasteiger partial charge >= 0.3 is 0 Å². The Labute approximate surface area is 273 Å². The van der Waals surface area contributed by atoms with E-state index in [1.807, 2.05) is 118 Å². The molecule has 4 aromatic rings. The third-order valence-corrected chi connectivity index (χ3v) is 7.92. The number of carbonyl (C=O) groups excluding carboxylic acids is 3. The molecule has 0 heterocycles. The predicted molar refractivity (Wildman–Crippen MR) is 182 cm³/mol. The van der Waals surface area contributed by atoms with Crippen molar-refractivity contribution in [3.63, 3.8) is 0 Å². The molecule has 6 heteroatoms. The molecule has 0 amide bonds. The molecule has 1 fully saturated rings. The van der Waals surface area contributed by atoms with Gasteiger partial charge in [-0.2, -0.15) is 0 Å². The smallest absolute Gasteiger partial charge is 0.260 e. The molecule has 1 saturated carbocycles. The number of carbonyl (C=O) groups is 3. The molecule has 0 bridgehead atoms. The molecule has 0 saturated heterocycles. The number of benzene rings is 4. The van der Waals surface area contributed by atoms with Crippen molar-refractivity contribution in [2.75, 3.05) is 14.2 Å². The number of ketones is 3. The Morgan fingerprint density at radius 1 is 0.565 bits per heavy atom. The maximum Gasteiger partial charge on any atom is 0.260 e. The van der Waals surface area contributed by atoms with Crippen molar-refractivity contribution in [2.24, 2.45) is 5.41 Å². The Balaban J connectivity index is 0.000000193. The fraction of sp³-hybridized carbons (Fsp3) is 0.325. The summed E-state index contributed by atoms with van der Waals surface area (Å²) in [7, 11) is 2.94. The number of aliphatic hydroxyl groups is 1. The lowest BCUT2D eigenvalue weighted by atomic mass is 9.79. The first-order chi connectivity index (χ1) is 22.0. The van der Waals surface area contributed by atoms with Gasteiger partial charge in [0.1, 0.15) is 5.60 Å². The molecule has 0 aliphatic heterocycles. The number of hydrogen-bond acceptors (Lipinski definition) is 6. The average molecular weight is 623 g/mol. The lowest BCUT2D eigenvalue weighted by molar-refractivity contribution is -0.176. The number of Topliss-reactive ketones (excluding diaryl/α,β-unsaturated/α-hetero) is 3. The van der Waals surface area contributed by atoms with Gasteiger partial charge in [-0.05, 0) is 12.8 Å². The summed E-state index contributed by atoms with van der Waals surface area (Å²) < 4.78 is 10.8. The molecular formula is C40H46O6. The third kappa shape index (κ3) is 9.39. The molecule has 5 rings (SSSR count). The molecule has 46 heavy (non-hydrogen) atoms. The lowest BCUT2D eigenvalue weighted by Crippen LogP contribution is -2.40. The SMILES string of the molecule is CC(C)(C)C(=O)c1ccccc1.COC(OC)(C(=O)c1ccccc1)c1ccccc1.O=C(c1ccccc1)C1(O)CCCCC1. The van der Waals surface area contributed by atoms with Crippen LogP contribution in [0.3, 0.4) is 0 Å². The second-order valence-corrected chi connectivity index (χ2v) is 12.3. The Hall–Kier alpha value is -4.23. The van der Waals surface area contributed by atoms with Crippen LogP contribution in [-0.4, -0.2) is 42.3 Å². The highest BCUT2D eigenvalue weighted by molar-refractivity contribution is 6.03. The summed E-state index contributed by atoms with van der Waals surface area (Å²) in [6.45, 7) is 5.80. The molecular weight excluding hydrogens is 576 g/mol. The first-order valence-corrected chi connectivity index (χ1v) is 15.7. The highest BCUT2D eigenvalue weighted by Gasteiger charge is 2.41. The Kier molecular flexibility index (Phi) is 13.3. The van der Waals surface area contributed by atoms with E-state index in [1.165, 1.54) is 14.2 Å². The van der Waals surface area contributed by atoms with Crippen molar-refractivity contribution >= 4 is 17.3 Å². The monoisotopic (exact) mass is 622 g/mol. The predicted octanol–water partition coefficient (Wildman–Crippen LogP) is 8.50. The zero-order chi connectivity index (χ0) is 33.6. The summed E-state index contributed by atoms with van der Waals surface area (Å²) in [5.74, 6) is -1.53. The van der Waals surface area contributed by atoms with E-state index in [2.05, 4.69) is 0 Å². The summed E-state index contributed by atoms with van der Waals surface area (Å²) in [4.78, 5) is 36.4. The summed E-state index contributed by atoms with van der Waals surface area (Å²) in [5.41, 5.74) is 1.27. The minimum Gasteiger partial charge on any atom is -0.382 e. The van der Waals surface area contributed by atoms with Crippen molar-refractivity contribution in [3.05, 3.63) is 144 Å². The standard InChI is InChI=1S/C16H16O3.C13H16O2.C11H14O/c1-18-16(19-2,14-11-7-4-8-12-14)15(17)13-9-5-3-6-10-13;14-12(11-7-3-1-4-8-11)13(15)9-5-2-6-10-13;1-11(2,3)10(12)9-7-5-4-6-8-9/h3-12H,1-2H3;1,3-4,7-8,15H,2,5-6,9-10H2;4-8H,1-3H3. The van der Waals surface area contributed by atoms with E-state index in [9.17, 15) is 19.5 Å². The normalized spacial score (nSPS) is 14.0. The molecule has 0 aromatic heterocycles. The van der Waals surface area contributed by atoms with Gasteiger partial charge in [-0.25, -0.2) is 0 Å². The van der Waals surface area contributed by atoms with Crippen molar-refractivity contribution in [1.82, 2.24) is 0 Å². The van der Waals surface area contributed by atoms with Gasteiger partial charge in [0.2, 0.25) is 5.78 Å². The zero-order valence-corrected chi connectivity index (χ0v) is 27.6. The fourth-order valence-corrected chi connectivity index (χ4v) is 5.32. The van der Waals surface area contributed by atoms with Gasteiger partial charge in [-0.1, -0.05) is 161 Å². The summed E-state index contributed by atoms with van der Waals surface area (Å²) >= 11 is 0. The van der Waals surface area contributed by atoms with Crippen molar-refractivity contribution in [2.45, 2.75) is 64.3 Å². The minimum atomic E-state index is -1.40. The van der Waals surface area contributed by atoms with Crippen LogP contribution in [0.5, 0.6) is 0 Å². The Morgan fingerprint density at radius 2 is 0.935 bits per heavy atom. The van der Waals surface area contributed by atoms with Crippen LogP contribution >= 0.6 is 0 Å². The van der Waals surface area contributed by atoms with E-state index >= 15 is 0 Å². The van der Waals surface area contributed by atoms with Gasteiger partial charge in [-0.3, -0.25) is 14.4 Å². The summed E-state index contributed by atoms with van der Waals surface area (Å²) in [5, 5.41) is 10.2. The minimum absolute atomic E-state index is 0.109. The molecule has 0 unspecified atom stereocenters. The molecule has 0 atom stereocenters. The summed E-state index contributed by atoms with van der Waals surface area (Å²) in [6.07, 6.45) is 4.26. The number of rotatable bonds is 8. The summed E-state index contributed by atoms with van der Waals surface area (Å²) in [6, 6.07) is 36.7. The second-order valence-electron chi connectivity index (χ2n) is 12.3. The van der Waals surface area contributed by atoms with Gasteiger partial charge in [0.15, 0.2) is 11.6 Å². The molecule has 6 nitrogen and oxygen atoms in total. The molecule has 0 radical (unpaired) electrons. The van der Waals surface area contributed by atoms with Crippen molar-refractivity contribution < 1.29 is 29.0 Å². The highest BCUT2D eigenvalue weighted by Crippen LogP contribution is 2.32. The fourth-order valence-electron chi connectivity index (χ4n) is 5.32. The van der Waals surface area contributed by atoms with Gasteiger partial charge in [-0.15, -0.1) is 0 Å².